The topological polar surface area (TPSA) is 92.3 Å². The maximum absolute atomic E-state index is 12.4. The number of aromatic nitrogens is 2. The van der Waals surface area contributed by atoms with Crippen molar-refractivity contribution < 1.29 is 14.4 Å². The zero-order valence-corrected chi connectivity index (χ0v) is 16.4. The Bertz CT molecular complexity index is 1110. The van der Waals surface area contributed by atoms with E-state index in [-0.39, 0.29) is 29.4 Å². The van der Waals surface area contributed by atoms with E-state index in [4.69, 9.17) is 11.6 Å². The highest BCUT2D eigenvalue weighted by molar-refractivity contribution is 7.15. The monoisotopic (exact) mass is 424 g/mol. The molecule has 0 bridgehead atoms. The molecule has 0 aliphatic carbocycles. The average molecular weight is 425 g/mol. The minimum Gasteiger partial charge on any atom is -0.297 e. The van der Waals surface area contributed by atoms with Crippen LogP contribution in [0.15, 0.2) is 54.6 Å². The Morgan fingerprint density at radius 1 is 1.03 bits per heavy atom. The molecule has 3 amide bonds. The molecule has 0 spiro atoms. The van der Waals surface area contributed by atoms with Crippen molar-refractivity contribution in [2.45, 2.75) is 6.54 Å². The average Bonchev–Trinajstić information content (AvgIpc) is 3.26. The second-order valence-electron chi connectivity index (χ2n) is 6.12. The lowest BCUT2D eigenvalue weighted by molar-refractivity contribution is -0.111. The molecule has 4 rings (SSSR count). The molecule has 2 aromatic carbocycles. The van der Waals surface area contributed by atoms with Crippen molar-refractivity contribution in [3.8, 4) is 0 Å². The van der Waals surface area contributed by atoms with Crippen LogP contribution in [0.5, 0.6) is 0 Å². The van der Waals surface area contributed by atoms with E-state index in [1.165, 1.54) is 6.08 Å². The van der Waals surface area contributed by atoms with Crippen LogP contribution < -0.4 is 5.32 Å². The molecule has 1 aliphatic rings. The van der Waals surface area contributed by atoms with Gasteiger partial charge in [-0.3, -0.25) is 24.6 Å². The van der Waals surface area contributed by atoms with Crippen LogP contribution in [0.3, 0.4) is 0 Å². The molecule has 2 heterocycles. The highest BCUT2D eigenvalue weighted by Gasteiger charge is 2.35. The lowest BCUT2D eigenvalue weighted by Crippen LogP contribution is -2.29. The molecular weight excluding hydrogens is 412 g/mol. The molecule has 7 nitrogen and oxygen atoms in total. The lowest BCUT2D eigenvalue weighted by atomic mass is 10.1. The van der Waals surface area contributed by atoms with Gasteiger partial charge in [0, 0.05) is 11.1 Å². The zero-order chi connectivity index (χ0) is 20.4. The molecule has 0 atom stereocenters. The third-order valence-corrected chi connectivity index (χ3v) is 5.24. The van der Waals surface area contributed by atoms with Crippen LogP contribution in [0.2, 0.25) is 5.02 Å². The number of hydrogen-bond acceptors (Lipinski definition) is 6. The highest BCUT2D eigenvalue weighted by Crippen LogP contribution is 2.26. The quantitative estimate of drug-likeness (QED) is 0.498. The van der Waals surface area contributed by atoms with Gasteiger partial charge >= 0.3 is 0 Å². The summed E-state index contributed by atoms with van der Waals surface area (Å²) >= 11 is 6.93. The maximum Gasteiger partial charge on any atom is 0.261 e. The van der Waals surface area contributed by atoms with Gasteiger partial charge in [0.1, 0.15) is 5.01 Å². The third kappa shape index (κ3) is 4.08. The predicted molar refractivity (Wildman–Crippen MR) is 110 cm³/mol. The van der Waals surface area contributed by atoms with Gasteiger partial charge in [-0.15, -0.1) is 10.2 Å². The predicted octanol–water partition coefficient (Wildman–Crippen LogP) is 3.64. The van der Waals surface area contributed by atoms with E-state index in [1.54, 1.807) is 54.6 Å². The first kappa shape index (κ1) is 19.0. The number of nitrogens with one attached hydrogen (secondary N) is 1. The Hall–Kier alpha value is -3.36. The van der Waals surface area contributed by atoms with Gasteiger partial charge in [0.2, 0.25) is 11.0 Å². The van der Waals surface area contributed by atoms with Gasteiger partial charge in [-0.2, -0.15) is 0 Å². The Morgan fingerprint density at radius 3 is 2.34 bits per heavy atom. The van der Waals surface area contributed by atoms with Crippen LogP contribution in [0.25, 0.3) is 6.08 Å². The minimum atomic E-state index is -0.372. The number of nitrogens with zero attached hydrogens (tertiary/aromatic N) is 3. The van der Waals surface area contributed by atoms with Crippen LogP contribution >= 0.6 is 22.9 Å². The van der Waals surface area contributed by atoms with E-state index in [0.29, 0.717) is 21.2 Å². The zero-order valence-electron chi connectivity index (χ0n) is 14.8. The van der Waals surface area contributed by atoms with E-state index in [2.05, 4.69) is 15.5 Å². The molecule has 9 heteroatoms. The van der Waals surface area contributed by atoms with Crippen molar-refractivity contribution in [1.29, 1.82) is 0 Å². The molecule has 29 heavy (non-hydrogen) atoms. The standard InChI is InChI=1S/C20H13ClN4O3S/c21-13-8-5-12(6-9-13)7-10-16(26)22-20-24-23-17(29-20)11-25-18(27)14-3-1-2-4-15(14)19(25)28/h1-10H,11H2,(H,22,24,26)/b10-7+. The Morgan fingerprint density at radius 2 is 1.69 bits per heavy atom. The van der Waals surface area contributed by atoms with E-state index >= 15 is 0 Å². The molecule has 1 aliphatic heterocycles. The Labute approximate surface area is 174 Å². The summed E-state index contributed by atoms with van der Waals surface area (Å²) in [6.07, 6.45) is 3.01. The van der Waals surface area contributed by atoms with Crippen molar-refractivity contribution in [1.82, 2.24) is 15.1 Å². The Kier molecular flexibility index (Phi) is 5.20. The minimum absolute atomic E-state index is 0.000494. The summed E-state index contributed by atoms with van der Waals surface area (Å²) < 4.78 is 0. The van der Waals surface area contributed by atoms with Crippen molar-refractivity contribution in [2.75, 3.05) is 5.32 Å². The number of hydrogen-bond donors (Lipinski definition) is 1. The fraction of sp³-hybridized carbons (Fsp3) is 0.0500. The van der Waals surface area contributed by atoms with E-state index in [9.17, 15) is 14.4 Å². The highest BCUT2D eigenvalue weighted by atomic mass is 35.5. The molecule has 144 valence electrons. The van der Waals surface area contributed by atoms with E-state index < -0.39 is 0 Å². The third-order valence-electron chi connectivity index (χ3n) is 4.17. The molecule has 1 N–H and O–H groups in total. The summed E-state index contributed by atoms with van der Waals surface area (Å²) in [5, 5.41) is 11.8. The smallest absolute Gasteiger partial charge is 0.261 e. The number of imide groups is 1. The molecule has 0 fully saturated rings. The molecule has 1 aromatic heterocycles. The second-order valence-corrected chi connectivity index (χ2v) is 7.62. The van der Waals surface area contributed by atoms with E-state index in [1.807, 2.05) is 0 Å². The largest absolute Gasteiger partial charge is 0.297 e. The molecule has 0 saturated heterocycles. The van der Waals surface area contributed by atoms with Crippen LogP contribution in [0.1, 0.15) is 31.3 Å². The first-order chi connectivity index (χ1) is 14.0. The molecule has 0 saturated carbocycles. The summed E-state index contributed by atoms with van der Waals surface area (Å²) in [6.45, 7) is 0.000494. The number of carbonyl (C=O) groups excluding carboxylic acids is 3. The van der Waals surface area contributed by atoms with Crippen molar-refractivity contribution >= 4 is 51.9 Å². The second kappa shape index (κ2) is 7.94. The molecule has 0 radical (unpaired) electrons. The van der Waals surface area contributed by atoms with Gasteiger partial charge in [-0.1, -0.05) is 47.2 Å². The van der Waals surface area contributed by atoms with Gasteiger partial charge in [-0.25, -0.2) is 0 Å². The summed E-state index contributed by atoms with van der Waals surface area (Å²) in [7, 11) is 0. The lowest BCUT2D eigenvalue weighted by Gasteiger charge is -2.10. The normalized spacial score (nSPS) is 13.2. The molecule has 3 aromatic rings. The fourth-order valence-corrected chi connectivity index (χ4v) is 3.64. The van der Waals surface area contributed by atoms with Gasteiger partial charge in [-0.05, 0) is 35.9 Å². The van der Waals surface area contributed by atoms with Crippen LogP contribution in [0, 0.1) is 0 Å². The van der Waals surface area contributed by atoms with Crippen LogP contribution in [0.4, 0.5) is 5.13 Å². The fourth-order valence-electron chi connectivity index (χ4n) is 2.78. The molecule has 0 unspecified atom stereocenters. The van der Waals surface area contributed by atoms with Gasteiger partial charge < -0.3 is 0 Å². The number of benzene rings is 2. The van der Waals surface area contributed by atoms with Gasteiger partial charge in [0.25, 0.3) is 11.8 Å². The number of anilines is 1. The Balaban J connectivity index is 1.39. The van der Waals surface area contributed by atoms with Gasteiger partial charge in [0.15, 0.2) is 0 Å². The number of carbonyl (C=O) groups is 3. The molecular formula is C20H13ClN4O3S. The van der Waals surface area contributed by atoms with Crippen molar-refractivity contribution in [3.05, 3.63) is 81.3 Å². The van der Waals surface area contributed by atoms with Crippen LogP contribution in [-0.4, -0.2) is 32.8 Å². The van der Waals surface area contributed by atoms with Crippen molar-refractivity contribution in [2.24, 2.45) is 0 Å². The number of rotatable bonds is 5. The SMILES string of the molecule is O=C(/C=C/c1ccc(Cl)cc1)Nc1nnc(CN2C(=O)c3ccccc3C2=O)s1. The number of fused-ring (bicyclic) bond motifs is 1. The summed E-state index contributed by atoms with van der Waals surface area (Å²) in [4.78, 5) is 38.0. The van der Waals surface area contributed by atoms with E-state index in [0.717, 1.165) is 21.8 Å². The summed E-state index contributed by atoms with van der Waals surface area (Å²) in [6, 6.07) is 13.7. The summed E-state index contributed by atoms with van der Waals surface area (Å²) in [5.74, 6) is -1.10. The number of halogens is 1. The van der Waals surface area contributed by atoms with Crippen LogP contribution in [-0.2, 0) is 11.3 Å². The first-order valence-electron chi connectivity index (χ1n) is 8.53. The maximum atomic E-state index is 12.4. The summed E-state index contributed by atoms with van der Waals surface area (Å²) in [5.41, 5.74) is 1.58. The first-order valence-corrected chi connectivity index (χ1v) is 9.73. The van der Waals surface area contributed by atoms with Gasteiger partial charge in [0.05, 0.1) is 17.7 Å². The van der Waals surface area contributed by atoms with Crippen molar-refractivity contribution in [3.63, 3.8) is 0 Å². The number of amides is 3.